The number of aryl methyl sites for hydroxylation is 2. The molecule has 4 nitrogen and oxygen atoms in total. The highest BCUT2D eigenvalue weighted by Crippen LogP contribution is 2.27. The Balaban J connectivity index is 0.00000133. The van der Waals surface area contributed by atoms with Gasteiger partial charge in [-0.05, 0) is 48.2 Å². The van der Waals surface area contributed by atoms with Crippen LogP contribution in [0, 0.1) is 12.8 Å². The fraction of sp³-hybridized carbons (Fsp3) is 0.769. The van der Waals surface area contributed by atoms with Gasteiger partial charge in [-0.1, -0.05) is 0 Å². The van der Waals surface area contributed by atoms with Crippen molar-refractivity contribution in [2.75, 3.05) is 19.6 Å². The van der Waals surface area contributed by atoms with Crippen molar-refractivity contribution >= 4 is 28.3 Å². The van der Waals surface area contributed by atoms with Crippen molar-refractivity contribution in [2.45, 2.75) is 32.4 Å². The number of fused-ring (bicyclic) bond motifs is 1. The summed E-state index contributed by atoms with van der Waals surface area (Å²) in [6.45, 7) is 6.71. The Hall–Kier alpha value is -0.100. The van der Waals surface area contributed by atoms with Gasteiger partial charge in [-0.15, -0.1) is 12.4 Å². The molecule has 0 bridgehead atoms. The van der Waals surface area contributed by atoms with E-state index in [2.05, 4.69) is 38.2 Å². The Labute approximate surface area is 129 Å². The summed E-state index contributed by atoms with van der Waals surface area (Å²) in [4.78, 5) is 2.58. The van der Waals surface area contributed by atoms with E-state index in [9.17, 15) is 0 Å². The van der Waals surface area contributed by atoms with Crippen LogP contribution in [0.2, 0.25) is 0 Å². The van der Waals surface area contributed by atoms with Gasteiger partial charge < -0.3 is 5.32 Å². The Morgan fingerprint density at radius 2 is 2.21 bits per heavy atom. The first kappa shape index (κ1) is 15.3. The van der Waals surface area contributed by atoms with Crippen molar-refractivity contribution in [2.24, 2.45) is 13.0 Å². The van der Waals surface area contributed by atoms with Gasteiger partial charge in [0, 0.05) is 32.7 Å². The molecule has 1 aromatic heterocycles. The van der Waals surface area contributed by atoms with Gasteiger partial charge in [0.15, 0.2) is 0 Å². The molecular weight excluding hydrogens is 328 g/mol. The molecular formula is C13H22BrClN4. The predicted molar refractivity (Wildman–Crippen MR) is 82.7 cm³/mol. The van der Waals surface area contributed by atoms with Crippen LogP contribution in [0.5, 0.6) is 0 Å². The molecule has 6 heteroatoms. The normalized spacial score (nSPS) is 27.1. The van der Waals surface area contributed by atoms with Gasteiger partial charge in [0.25, 0.3) is 0 Å². The smallest absolute Gasteiger partial charge is 0.0739 e. The van der Waals surface area contributed by atoms with Crippen LogP contribution in [0.15, 0.2) is 4.47 Å². The SMILES string of the molecule is Cc1nn(C)c(CN2CCC3NCCC3C2)c1Br.Cl. The largest absolute Gasteiger partial charge is 0.314 e. The first-order valence-corrected chi connectivity index (χ1v) is 7.58. The second-order valence-corrected chi connectivity index (χ2v) is 6.40. The number of hydrogen-bond donors (Lipinski definition) is 1. The molecule has 2 unspecified atom stereocenters. The summed E-state index contributed by atoms with van der Waals surface area (Å²) in [6, 6.07) is 0.776. The number of halogens is 2. The summed E-state index contributed by atoms with van der Waals surface area (Å²) < 4.78 is 3.19. The van der Waals surface area contributed by atoms with Gasteiger partial charge in [-0.3, -0.25) is 9.58 Å². The maximum absolute atomic E-state index is 4.47. The van der Waals surface area contributed by atoms with Crippen LogP contribution in [0.3, 0.4) is 0 Å². The summed E-state index contributed by atoms with van der Waals surface area (Å²) >= 11 is 3.66. The topological polar surface area (TPSA) is 33.1 Å². The lowest BCUT2D eigenvalue weighted by Gasteiger charge is -2.34. The van der Waals surface area contributed by atoms with Crippen molar-refractivity contribution < 1.29 is 0 Å². The molecule has 3 rings (SSSR count). The fourth-order valence-electron chi connectivity index (χ4n) is 3.33. The maximum atomic E-state index is 4.47. The highest BCUT2D eigenvalue weighted by atomic mass is 79.9. The van der Waals surface area contributed by atoms with Crippen LogP contribution >= 0.6 is 28.3 Å². The van der Waals surface area contributed by atoms with Crippen molar-refractivity contribution in [1.82, 2.24) is 20.0 Å². The molecule has 108 valence electrons. The Morgan fingerprint density at radius 3 is 2.89 bits per heavy atom. The number of rotatable bonds is 2. The molecule has 1 N–H and O–H groups in total. The summed E-state index contributed by atoms with van der Waals surface area (Å²) in [5, 5.41) is 8.09. The highest BCUT2D eigenvalue weighted by Gasteiger charge is 2.32. The van der Waals surface area contributed by atoms with Crippen molar-refractivity contribution in [3.63, 3.8) is 0 Å². The zero-order valence-electron chi connectivity index (χ0n) is 11.5. The molecule has 2 fully saturated rings. The standard InChI is InChI=1S/C13H21BrN4.ClH/c1-9-13(14)12(17(2)16-9)8-18-6-4-11-10(7-18)3-5-15-11;/h10-11,15H,3-8H2,1-2H3;1H. The van der Waals surface area contributed by atoms with E-state index < -0.39 is 0 Å². The number of hydrogen-bond acceptors (Lipinski definition) is 3. The molecule has 0 aromatic carbocycles. The molecule has 3 heterocycles. The Morgan fingerprint density at radius 1 is 1.42 bits per heavy atom. The van der Waals surface area contributed by atoms with Crippen LogP contribution in [-0.4, -0.2) is 40.4 Å². The van der Waals surface area contributed by atoms with Crippen LogP contribution in [0.4, 0.5) is 0 Å². The van der Waals surface area contributed by atoms with Crippen molar-refractivity contribution in [3.05, 3.63) is 15.9 Å². The van der Waals surface area contributed by atoms with Gasteiger partial charge in [-0.2, -0.15) is 5.10 Å². The molecule has 2 aliphatic rings. The summed E-state index contributed by atoms with van der Waals surface area (Å²) in [5.74, 6) is 0.854. The molecule has 19 heavy (non-hydrogen) atoms. The second-order valence-electron chi connectivity index (χ2n) is 5.60. The van der Waals surface area contributed by atoms with Crippen LogP contribution in [-0.2, 0) is 13.6 Å². The molecule has 0 spiro atoms. The van der Waals surface area contributed by atoms with Crippen molar-refractivity contribution in [1.29, 1.82) is 0 Å². The third kappa shape index (κ3) is 2.99. The average Bonchev–Trinajstić information content (AvgIpc) is 2.89. The number of likely N-dealkylation sites (tertiary alicyclic amines) is 1. The molecule has 2 atom stereocenters. The van der Waals surface area contributed by atoms with Crippen LogP contribution in [0.1, 0.15) is 24.2 Å². The average molecular weight is 350 g/mol. The first-order chi connectivity index (χ1) is 8.65. The second kappa shape index (κ2) is 6.12. The van der Waals surface area contributed by atoms with Gasteiger partial charge >= 0.3 is 0 Å². The Kier molecular flexibility index (Phi) is 4.93. The zero-order valence-corrected chi connectivity index (χ0v) is 13.9. The number of piperidine rings is 1. The minimum Gasteiger partial charge on any atom is -0.314 e. The minimum absolute atomic E-state index is 0. The molecule has 1 aromatic rings. The number of aromatic nitrogens is 2. The summed E-state index contributed by atoms with van der Waals surface area (Å²) in [5.41, 5.74) is 2.39. The number of nitrogens with one attached hydrogen (secondary N) is 1. The maximum Gasteiger partial charge on any atom is 0.0739 e. The van der Waals surface area contributed by atoms with Gasteiger partial charge in [0.2, 0.25) is 0 Å². The quantitative estimate of drug-likeness (QED) is 0.887. The number of nitrogens with zero attached hydrogens (tertiary/aromatic N) is 3. The third-order valence-electron chi connectivity index (χ3n) is 4.37. The lowest BCUT2D eigenvalue weighted by molar-refractivity contribution is 0.152. The van der Waals surface area contributed by atoms with Crippen LogP contribution in [0.25, 0.3) is 0 Å². The lowest BCUT2D eigenvalue weighted by atomic mass is 9.93. The molecule has 0 aliphatic carbocycles. The molecule has 0 radical (unpaired) electrons. The molecule has 0 saturated carbocycles. The van der Waals surface area contributed by atoms with Gasteiger partial charge in [0.1, 0.15) is 0 Å². The van der Waals surface area contributed by atoms with E-state index >= 15 is 0 Å². The molecule has 0 amide bonds. The van der Waals surface area contributed by atoms with E-state index in [1.165, 1.54) is 42.6 Å². The zero-order chi connectivity index (χ0) is 12.7. The third-order valence-corrected chi connectivity index (χ3v) is 5.41. The molecule has 2 saturated heterocycles. The Bertz CT molecular complexity index is 448. The minimum atomic E-state index is 0. The van der Waals surface area contributed by atoms with Gasteiger partial charge in [-0.25, -0.2) is 0 Å². The fourth-order valence-corrected chi connectivity index (χ4v) is 3.79. The summed E-state index contributed by atoms with van der Waals surface area (Å²) in [6.07, 6.45) is 2.63. The van der Waals surface area contributed by atoms with E-state index in [0.29, 0.717) is 0 Å². The lowest BCUT2D eigenvalue weighted by Crippen LogP contribution is -2.44. The van der Waals surface area contributed by atoms with E-state index in [1.54, 1.807) is 0 Å². The van der Waals surface area contributed by atoms with E-state index in [4.69, 9.17) is 0 Å². The van der Waals surface area contributed by atoms with E-state index in [-0.39, 0.29) is 12.4 Å². The van der Waals surface area contributed by atoms with Gasteiger partial charge in [0.05, 0.1) is 15.9 Å². The monoisotopic (exact) mass is 348 g/mol. The first-order valence-electron chi connectivity index (χ1n) is 6.79. The van der Waals surface area contributed by atoms with Crippen LogP contribution < -0.4 is 5.32 Å². The highest BCUT2D eigenvalue weighted by molar-refractivity contribution is 9.10. The predicted octanol–water partition coefficient (Wildman–Crippen LogP) is 2.10. The summed E-state index contributed by atoms with van der Waals surface area (Å²) in [7, 11) is 2.04. The van der Waals surface area contributed by atoms with E-state index in [1.807, 2.05) is 11.7 Å². The molecule has 2 aliphatic heterocycles. The van der Waals surface area contributed by atoms with Crippen molar-refractivity contribution in [3.8, 4) is 0 Å². The van der Waals surface area contributed by atoms with E-state index in [0.717, 1.165) is 24.2 Å².